The van der Waals surface area contributed by atoms with Crippen LogP contribution < -0.4 is 10.6 Å². The molecule has 0 aliphatic carbocycles. The zero-order chi connectivity index (χ0) is 23.4. The summed E-state index contributed by atoms with van der Waals surface area (Å²) >= 11 is 1.60. The Balaban J connectivity index is 1.35. The van der Waals surface area contributed by atoms with Crippen molar-refractivity contribution in [3.05, 3.63) is 47.9 Å². The number of carbonyl (C=O) groups excluding carboxylic acids is 1. The van der Waals surface area contributed by atoms with Crippen LogP contribution >= 0.6 is 11.8 Å². The Hall–Kier alpha value is -2.25. The van der Waals surface area contributed by atoms with Gasteiger partial charge in [-0.1, -0.05) is 25.0 Å². The van der Waals surface area contributed by atoms with Gasteiger partial charge >= 0.3 is 0 Å². The minimum Gasteiger partial charge on any atom is -0.458 e. The van der Waals surface area contributed by atoms with E-state index in [1.807, 2.05) is 29.2 Å². The van der Waals surface area contributed by atoms with Gasteiger partial charge in [0.25, 0.3) is 0 Å². The van der Waals surface area contributed by atoms with Crippen LogP contribution in [0.4, 0.5) is 5.69 Å². The van der Waals surface area contributed by atoms with Crippen molar-refractivity contribution >= 4 is 29.2 Å². The molecule has 0 radical (unpaired) electrons. The highest BCUT2D eigenvalue weighted by molar-refractivity contribution is 8.01. The fourth-order valence-electron chi connectivity index (χ4n) is 5.11. The van der Waals surface area contributed by atoms with E-state index in [0.29, 0.717) is 30.0 Å². The smallest absolute Gasteiger partial charge is 0.240 e. The third-order valence-electron chi connectivity index (χ3n) is 6.95. The number of nitrogens with two attached hydrogens (primary N) is 1. The Bertz CT molecular complexity index is 965. The molecule has 3 heterocycles. The number of rotatable bonds is 9. The molecule has 2 aliphatic heterocycles. The molecule has 1 unspecified atom stereocenters. The molecule has 6 nitrogen and oxygen atoms in total. The van der Waals surface area contributed by atoms with Gasteiger partial charge in [0.05, 0.1) is 10.9 Å². The van der Waals surface area contributed by atoms with Gasteiger partial charge in [-0.15, -0.1) is 11.8 Å². The summed E-state index contributed by atoms with van der Waals surface area (Å²) in [5.41, 5.74) is 6.54. The first kappa shape index (κ1) is 23.9. The first-order valence-corrected chi connectivity index (χ1v) is 13.1. The van der Waals surface area contributed by atoms with Crippen LogP contribution in [-0.2, 0) is 11.2 Å². The highest BCUT2D eigenvalue weighted by atomic mass is 32.2. The van der Waals surface area contributed by atoms with Crippen LogP contribution in [0.2, 0.25) is 0 Å². The number of fused-ring (bicyclic) bond motifs is 1. The van der Waals surface area contributed by atoms with E-state index in [0.717, 1.165) is 36.5 Å². The molecule has 1 aromatic heterocycles. The monoisotopic (exact) mass is 468 g/mol. The van der Waals surface area contributed by atoms with Crippen molar-refractivity contribution in [3.8, 4) is 0 Å². The van der Waals surface area contributed by atoms with Gasteiger partial charge in [0, 0.05) is 29.9 Å². The molecular formula is C26H36N4O2S. The Kier molecular flexibility index (Phi) is 7.81. The first-order valence-electron chi connectivity index (χ1n) is 12.2. The second-order valence-corrected chi connectivity index (χ2v) is 10.6. The Morgan fingerprint density at radius 2 is 1.82 bits per heavy atom. The van der Waals surface area contributed by atoms with Gasteiger partial charge in [0.15, 0.2) is 11.6 Å². The fraction of sp³-hybridized carbons (Fsp3) is 0.538. The van der Waals surface area contributed by atoms with Crippen LogP contribution in [0.15, 0.2) is 45.7 Å². The van der Waals surface area contributed by atoms with Crippen LogP contribution in [0.5, 0.6) is 0 Å². The second kappa shape index (κ2) is 10.8. The number of carbonyl (C=O) groups is 1. The molecule has 33 heavy (non-hydrogen) atoms. The van der Waals surface area contributed by atoms with Crippen molar-refractivity contribution in [2.45, 2.75) is 81.0 Å². The third-order valence-corrected chi connectivity index (χ3v) is 8.21. The van der Waals surface area contributed by atoms with Gasteiger partial charge in [-0.05, 0) is 70.3 Å². The second-order valence-electron chi connectivity index (χ2n) is 9.38. The van der Waals surface area contributed by atoms with E-state index in [-0.39, 0.29) is 17.0 Å². The molecular weight excluding hydrogens is 432 g/mol. The minimum absolute atomic E-state index is 0.0933. The molecule has 0 spiro atoms. The third kappa shape index (κ3) is 5.64. The van der Waals surface area contributed by atoms with Crippen molar-refractivity contribution in [1.29, 1.82) is 5.41 Å². The standard InChI is InChI=1S/C26H36N4O2S/c1-18-9-8-10-19(2)29(18)15-6-3-7-16-30-21-11-4-5-12-23(21)33-24(26(30)31)17-20-13-14-22(32-20)25(27)28/h4-5,11-14,18-19,24H,3,6-10,15-17H2,1-2H3,(H3,27,28)/t18-,19+,24?. The number of nitrogens with zero attached hydrogens (tertiary/aromatic N) is 2. The lowest BCUT2D eigenvalue weighted by Crippen LogP contribution is -2.44. The van der Waals surface area contributed by atoms with Crippen LogP contribution in [0.3, 0.4) is 0 Å². The van der Waals surface area contributed by atoms with Gasteiger partial charge in [-0.25, -0.2) is 0 Å². The van der Waals surface area contributed by atoms with Gasteiger partial charge in [-0.2, -0.15) is 0 Å². The van der Waals surface area contributed by atoms with E-state index in [2.05, 4.69) is 24.8 Å². The fourth-order valence-corrected chi connectivity index (χ4v) is 6.35. The summed E-state index contributed by atoms with van der Waals surface area (Å²) in [7, 11) is 0. The molecule has 1 amide bonds. The predicted molar refractivity (Wildman–Crippen MR) is 135 cm³/mol. The van der Waals surface area contributed by atoms with Crippen molar-refractivity contribution in [1.82, 2.24) is 4.90 Å². The van der Waals surface area contributed by atoms with E-state index >= 15 is 0 Å². The number of hydrogen-bond acceptors (Lipinski definition) is 5. The molecule has 3 atom stereocenters. The topological polar surface area (TPSA) is 86.6 Å². The van der Waals surface area contributed by atoms with Crippen LogP contribution in [0.25, 0.3) is 0 Å². The molecule has 7 heteroatoms. The van der Waals surface area contributed by atoms with Gasteiger partial charge in [0.2, 0.25) is 5.91 Å². The summed E-state index contributed by atoms with van der Waals surface area (Å²) in [5, 5.41) is 7.30. The summed E-state index contributed by atoms with van der Waals surface area (Å²) in [5.74, 6) is 1.09. The Labute approximate surface area is 201 Å². The van der Waals surface area contributed by atoms with Gasteiger partial charge in [0.1, 0.15) is 5.76 Å². The average Bonchev–Trinajstić information content (AvgIpc) is 3.26. The van der Waals surface area contributed by atoms with Crippen molar-refractivity contribution in [3.63, 3.8) is 0 Å². The van der Waals surface area contributed by atoms with E-state index in [4.69, 9.17) is 15.6 Å². The molecule has 3 N–H and O–H groups in total. The number of amidine groups is 1. The van der Waals surface area contributed by atoms with Crippen molar-refractivity contribution in [2.75, 3.05) is 18.0 Å². The summed E-state index contributed by atoms with van der Waals surface area (Å²) < 4.78 is 5.67. The van der Waals surface area contributed by atoms with E-state index in [1.165, 1.54) is 25.7 Å². The number of amides is 1. The zero-order valence-electron chi connectivity index (χ0n) is 19.8. The highest BCUT2D eigenvalue weighted by Gasteiger charge is 2.34. The largest absolute Gasteiger partial charge is 0.458 e. The summed E-state index contributed by atoms with van der Waals surface area (Å²) in [6, 6.07) is 13.1. The maximum absolute atomic E-state index is 13.4. The maximum atomic E-state index is 13.4. The maximum Gasteiger partial charge on any atom is 0.240 e. The molecule has 178 valence electrons. The number of piperidine rings is 1. The zero-order valence-corrected chi connectivity index (χ0v) is 20.6. The number of hydrogen-bond donors (Lipinski definition) is 2. The van der Waals surface area contributed by atoms with Crippen LogP contribution in [0.1, 0.15) is 63.9 Å². The molecule has 2 aromatic rings. The molecule has 4 rings (SSSR count). The van der Waals surface area contributed by atoms with E-state index in [1.54, 1.807) is 17.8 Å². The van der Waals surface area contributed by atoms with E-state index in [9.17, 15) is 4.79 Å². The quantitative estimate of drug-likeness (QED) is 0.306. The van der Waals surface area contributed by atoms with Crippen LogP contribution in [-0.4, -0.2) is 47.1 Å². The number of benzene rings is 1. The normalized spacial score (nSPS) is 23.5. The Morgan fingerprint density at radius 1 is 1.09 bits per heavy atom. The first-order chi connectivity index (χ1) is 15.9. The molecule has 1 saturated heterocycles. The highest BCUT2D eigenvalue weighted by Crippen LogP contribution is 2.40. The lowest BCUT2D eigenvalue weighted by molar-refractivity contribution is -0.118. The predicted octanol–water partition coefficient (Wildman–Crippen LogP) is 5.05. The summed E-state index contributed by atoms with van der Waals surface area (Å²) in [4.78, 5) is 19.2. The lowest BCUT2D eigenvalue weighted by Gasteiger charge is -2.39. The minimum atomic E-state index is -0.235. The number of para-hydroxylation sites is 1. The number of nitrogens with one attached hydrogen (secondary N) is 1. The van der Waals surface area contributed by atoms with Crippen molar-refractivity contribution in [2.24, 2.45) is 5.73 Å². The number of likely N-dealkylation sites (tertiary alicyclic amines) is 1. The number of unbranched alkanes of at least 4 members (excludes halogenated alkanes) is 2. The summed E-state index contributed by atoms with van der Waals surface area (Å²) in [6.07, 6.45) is 7.77. The SMILES string of the molecule is C[C@@H]1CCC[C@H](C)N1CCCCCN1C(=O)C(Cc2ccc(C(=N)N)o2)Sc2ccccc21. The van der Waals surface area contributed by atoms with Gasteiger partial charge < -0.3 is 15.1 Å². The summed E-state index contributed by atoms with van der Waals surface area (Å²) in [6.45, 7) is 6.61. The van der Waals surface area contributed by atoms with Gasteiger partial charge in [-0.3, -0.25) is 15.1 Å². The van der Waals surface area contributed by atoms with E-state index < -0.39 is 0 Å². The molecule has 1 fully saturated rings. The number of furan rings is 1. The molecule has 0 bridgehead atoms. The Morgan fingerprint density at radius 3 is 2.55 bits per heavy atom. The van der Waals surface area contributed by atoms with Crippen molar-refractivity contribution < 1.29 is 9.21 Å². The average molecular weight is 469 g/mol. The number of nitrogen functional groups attached to an aromatic ring is 1. The van der Waals surface area contributed by atoms with Crippen LogP contribution in [0, 0.1) is 5.41 Å². The molecule has 2 aliphatic rings. The lowest BCUT2D eigenvalue weighted by atomic mass is 9.97. The molecule has 1 aromatic carbocycles. The number of anilines is 1. The molecule has 0 saturated carbocycles. The number of thioether (sulfide) groups is 1.